The Morgan fingerprint density at radius 3 is 2.80 bits per heavy atom. The zero-order valence-corrected chi connectivity index (χ0v) is 6.59. The maximum Gasteiger partial charge on any atom is 0.330 e. The second kappa shape index (κ2) is 6.33. The average Bonchev–Trinajstić information content (AvgIpc) is 1.98. The number of hydrogen-bond acceptors (Lipinski definition) is 2. The van der Waals surface area contributed by atoms with Gasteiger partial charge >= 0.3 is 5.97 Å². The molecule has 10 heavy (non-hydrogen) atoms. The third kappa shape index (κ3) is 5.35. The van der Waals surface area contributed by atoms with Crippen LogP contribution in [0.15, 0.2) is 12.2 Å². The van der Waals surface area contributed by atoms with Gasteiger partial charge in [0.25, 0.3) is 0 Å². The van der Waals surface area contributed by atoms with Crippen LogP contribution in [0.1, 0.15) is 26.2 Å². The van der Waals surface area contributed by atoms with E-state index in [-0.39, 0.29) is 5.97 Å². The minimum atomic E-state index is -0.267. The predicted octanol–water partition coefficient (Wildman–Crippen LogP) is 1.91. The molecule has 2 nitrogen and oxygen atoms in total. The molecule has 0 radical (unpaired) electrons. The van der Waals surface area contributed by atoms with Gasteiger partial charge in [-0.05, 0) is 6.42 Å². The highest BCUT2D eigenvalue weighted by atomic mass is 16.5. The van der Waals surface area contributed by atoms with Crippen molar-refractivity contribution in [2.45, 2.75) is 26.2 Å². The van der Waals surface area contributed by atoms with Gasteiger partial charge in [-0.25, -0.2) is 4.79 Å². The summed E-state index contributed by atoms with van der Waals surface area (Å²) in [5.74, 6) is -0.267. The van der Waals surface area contributed by atoms with Crippen LogP contribution in [-0.2, 0) is 9.53 Å². The molecule has 0 spiro atoms. The largest absolute Gasteiger partial charge is 0.466 e. The molecular weight excluding hydrogens is 128 g/mol. The maximum atomic E-state index is 10.5. The SMILES string of the molecule is CCCCC=CC(=O)OC. The van der Waals surface area contributed by atoms with Gasteiger partial charge in [-0.1, -0.05) is 25.8 Å². The fraction of sp³-hybridized carbons (Fsp3) is 0.625. The highest BCUT2D eigenvalue weighted by Gasteiger charge is 1.87. The molecule has 0 fully saturated rings. The van der Waals surface area contributed by atoms with Crippen LogP contribution in [0.2, 0.25) is 0 Å². The quantitative estimate of drug-likeness (QED) is 0.340. The van der Waals surface area contributed by atoms with Gasteiger partial charge in [-0.3, -0.25) is 0 Å². The van der Waals surface area contributed by atoms with Gasteiger partial charge in [-0.15, -0.1) is 0 Å². The van der Waals surface area contributed by atoms with Crippen LogP contribution in [-0.4, -0.2) is 13.1 Å². The summed E-state index contributed by atoms with van der Waals surface area (Å²) in [5, 5.41) is 0. The first-order valence-electron chi connectivity index (χ1n) is 3.55. The molecule has 0 unspecified atom stereocenters. The second-order valence-electron chi connectivity index (χ2n) is 2.07. The normalized spacial score (nSPS) is 10.2. The minimum Gasteiger partial charge on any atom is -0.466 e. The van der Waals surface area contributed by atoms with Crippen LogP contribution in [0, 0.1) is 0 Å². The number of methoxy groups -OCH3 is 1. The molecule has 0 aromatic heterocycles. The van der Waals surface area contributed by atoms with Gasteiger partial charge in [0.2, 0.25) is 0 Å². The summed E-state index contributed by atoms with van der Waals surface area (Å²) in [6.45, 7) is 2.12. The number of rotatable bonds is 4. The third-order valence-corrected chi connectivity index (χ3v) is 1.18. The Kier molecular flexibility index (Phi) is 5.83. The first-order chi connectivity index (χ1) is 4.81. The summed E-state index contributed by atoms with van der Waals surface area (Å²) in [6.07, 6.45) is 6.57. The van der Waals surface area contributed by atoms with Crippen molar-refractivity contribution >= 4 is 5.97 Å². The molecule has 0 aromatic rings. The van der Waals surface area contributed by atoms with E-state index in [2.05, 4.69) is 11.7 Å². The summed E-state index contributed by atoms with van der Waals surface area (Å²) >= 11 is 0. The number of esters is 1. The minimum absolute atomic E-state index is 0.267. The zero-order chi connectivity index (χ0) is 7.82. The molecule has 0 aliphatic carbocycles. The Hall–Kier alpha value is -0.790. The molecule has 0 bridgehead atoms. The van der Waals surface area contributed by atoms with Crippen molar-refractivity contribution in [1.29, 1.82) is 0 Å². The van der Waals surface area contributed by atoms with Gasteiger partial charge < -0.3 is 4.74 Å². The lowest BCUT2D eigenvalue weighted by Crippen LogP contribution is -1.93. The number of ether oxygens (including phenoxy) is 1. The predicted molar refractivity (Wildman–Crippen MR) is 40.7 cm³/mol. The molecule has 0 saturated heterocycles. The number of unbranched alkanes of at least 4 members (excludes halogenated alkanes) is 2. The average molecular weight is 142 g/mol. The Morgan fingerprint density at radius 1 is 1.60 bits per heavy atom. The molecule has 0 N–H and O–H groups in total. The number of carbonyl (C=O) groups is 1. The van der Waals surface area contributed by atoms with Crippen molar-refractivity contribution in [3.05, 3.63) is 12.2 Å². The lowest BCUT2D eigenvalue weighted by atomic mass is 10.2. The van der Waals surface area contributed by atoms with Gasteiger partial charge in [0.15, 0.2) is 0 Å². The van der Waals surface area contributed by atoms with Crippen molar-refractivity contribution in [3.63, 3.8) is 0 Å². The van der Waals surface area contributed by atoms with Crippen molar-refractivity contribution in [3.8, 4) is 0 Å². The first-order valence-corrected chi connectivity index (χ1v) is 3.55. The number of allylic oxidation sites excluding steroid dienone is 1. The van der Waals surface area contributed by atoms with E-state index < -0.39 is 0 Å². The molecule has 0 aromatic carbocycles. The highest BCUT2D eigenvalue weighted by molar-refractivity contribution is 5.81. The van der Waals surface area contributed by atoms with Gasteiger partial charge in [-0.2, -0.15) is 0 Å². The van der Waals surface area contributed by atoms with Gasteiger partial charge in [0.1, 0.15) is 0 Å². The van der Waals surface area contributed by atoms with Crippen molar-refractivity contribution in [1.82, 2.24) is 0 Å². The Morgan fingerprint density at radius 2 is 2.30 bits per heavy atom. The van der Waals surface area contributed by atoms with Crippen LogP contribution in [0.4, 0.5) is 0 Å². The van der Waals surface area contributed by atoms with Crippen molar-refractivity contribution < 1.29 is 9.53 Å². The molecule has 0 rings (SSSR count). The van der Waals surface area contributed by atoms with Crippen LogP contribution in [0.5, 0.6) is 0 Å². The summed E-state index contributed by atoms with van der Waals surface area (Å²) in [6, 6.07) is 0. The van der Waals surface area contributed by atoms with Crippen LogP contribution in [0.25, 0.3) is 0 Å². The fourth-order valence-corrected chi connectivity index (χ4v) is 0.570. The third-order valence-electron chi connectivity index (χ3n) is 1.18. The second-order valence-corrected chi connectivity index (χ2v) is 2.07. The number of carbonyl (C=O) groups excluding carboxylic acids is 1. The highest BCUT2D eigenvalue weighted by Crippen LogP contribution is 1.94. The molecule has 0 atom stereocenters. The zero-order valence-electron chi connectivity index (χ0n) is 6.59. The van der Waals surface area contributed by atoms with E-state index in [0.717, 1.165) is 19.3 Å². The molecule has 0 heterocycles. The van der Waals surface area contributed by atoms with Crippen LogP contribution >= 0.6 is 0 Å². The summed E-state index contributed by atoms with van der Waals surface area (Å²) in [4.78, 5) is 10.5. The first kappa shape index (κ1) is 9.21. The Bertz CT molecular complexity index is 116. The van der Waals surface area contributed by atoms with E-state index >= 15 is 0 Å². The lowest BCUT2D eigenvalue weighted by Gasteiger charge is -1.89. The van der Waals surface area contributed by atoms with Crippen molar-refractivity contribution in [2.75, 3.05) is 7.11 Å². The van der Waals surface area contributed by atoms with Crippen molar-refractivity contribution in [2.24, 2.45) is 0 Å². The van der Waals surface area contributed by atoms with E-state index in [0.29, 0.717) is 0 Å². The molecular formula is C8H14O2. The smallest absolute Gasteiger partial charge is 0.330 e. The van der Waals surface area contributed by atoms with E-state index in [1.807, 2.05) is 6.08 Å². The molecule has 0 aliphatic heterocycles. The maximum absolute atomic E-state index is 10.5. The lowest BCUT2D eigenvalue weighted by molar-refractivity contribution is -0.134. The Balaban J connectivity index is 3.27. The van der Waals surface area contributed by atoms with E-state index in [1.165, 1.54) is 13.2 Å². The summed E-state index contributed by atoms with van der Waals surface area (Å²) in [5.41, 5.74) is 0. The summed E-state index contributed by atoms with van der Waals surface area (Å²) in [7, 11) is 1.38. The Labute approximate surface area is 61.9 Å². The standard InChI is InChI=1S/C8H14O2/c1-3-4-5-6-7-8(9)10-2/h6-7H,3-5H2,1-2H3. The molecule has 0 amide bonds. The van der Waals surface area contributed by atoms with Gasteiger partial charge in [0, 0.05) is 6.08 Å². The molecule has 0 saturated carbocycles. The molecule has 2 heteroatoms. The summed E-state index contributed by atoms with van der Waals surface area (Å²) < 4.78 is 4.40. The number of hydrogen-bond donors (Lipinski definition) is 0. The van der Waals surface area contributed by atoms with Crippen LogP contribution < -0.4 is 0 Å². The molecule has 58 valence electrons. The monoisotopic (exact) mass is 142 g/mol. The van der Waals surface area contributed by atoms with E-state index in [4.69, 9.17) is 0 Å². The topological polar surface area (TPSA) is 26.3 Å². The van der Waals surface area contributed by atoms with E-state index in [9.17, 15) is 4.79 Å². The van der Waals surface area contributed by atoms with Gasteiger partial charge in [0.05, 0.1) is 7.11 Å². The van der Waals surface area contributed by atoms with E-state index in [1.54, 1.807) is 0 Å². The fourth-order valence-electron chi connectivity index (χ4n) is 0.570. The van der Waals surface area contributed by atoms with Crippen LogP contribution in [0.3, 0.4) is 0 Å². The molecule has 0 aliphatic rings.